The summed E-state index contributed by atoms with van der Waals surface area (Å²) in [4.78, 5) is 11.6. The normalized spacial score (nSPS) is 23.6. The number of nitrogens with zero attached hydrogens (tertiary/aromatic N) is 2. The number of rotatable bonds is 4. The SMILES string of the molecule is Cc1cc(C)c(C2c3ccc([n-]3)C(c3c(C)cc(C)cc3C)C3C=CC(N3)C(c3c(C)cc(C)cc3C)c3ccc([n-]3)C(c3c(C)cc(C)cc3C)C3C=CC2N3)c(C)c1.[C-]#[O+].[Ru+2]. The van der Waals surface area contributed by atoms with Crippen LogP contribution >= 0.6 is 0 Å². The van der Waals surface area contributed by atoms with Crippen molar-refractivity contribution in [2.24, 2.45) is 0 Å². The first-order valence-electron chi connectivity index (χ1n) is 22.3. The molecule has 5 nitrogen and oxygen atoms in total. The molecule has 0 fully saturated rings. The Morgan fingerprint density at radius 2 is 0.524 bits per heavy atom. The predicted molar refractivity (Wildman–Crippen MR) is 253 cm³/mol. The van der Waals surface area contributed by atoms with Crippen LogP contribution in [-0.4, -0.2) is 24.2 Å². The molecule has 8 unspecified atom stereocenters. The molecule has 0 aliphatic carbocycles. The van der Waals surface area contributed by atoms with Crippen molar-refractivity contribution in [1.29, 1.82) is 0 Å². The fourth-order valence-electron chi connectivity index (χ4n) is 12.2. The molecule has 0 saturated carbocycles. The molecular formula is C57H62N4ORu. The van der Waals surface area contributed by atoms with Gasteiger partial charge >= 0.3 is 30.8 Å². The van der Waals surface area contributed by atoms with Gasteiger partial charge in [0.15, 0.2) is 0 Å². The van der Waals surface area contributed by atoms with Gasteiger partial charge in [-0.15, -0.1) is 0 Å². The van der Waals surface area contributed by atoms with Crippen LogP contribution in [0.5, 0.6) is 0 Å². The van der Waals surface area contributed by atoms with Crippen molar-refractivity contribution in [3.63, 3.8) is 0 Å². The van der Waals surface area contributed by atoms with E-state index in [2.05, 4.69) is 197 Å². The van der Waals surface area contributed by atoms with Gasteiger partial charge in [-0.25, -0.2) is 0 Å². The Morgan fingerprint density at radius 3 is 0.698 bits per heavy atom. The molecule has 0 radical (unpaired) electrons. The number of hydrogen-bond acceptors (Lipinski definition) is 2. The number of aryl methyl sites for hydroxylation is 12. The monoisotopic (exact) mass is 920 g/mol. The van der Waals surface area contributed by atoms with Crippen LogP contribution in [0.1, 0.15) is 135 Å². The summed E-state index contributed by atoms with van der Waals surface area (Å²) in [5.74, 6) is 0.0930. The van der Waals surface area contributed by atoms with Crippen LogP contribution in [0, 0.1) is 89.7 Å². The summed E-state index contributed by atoms with van der Waals surface area (Å²) in [5.41, 5.74) is 25.7. The summed E-state index contributed by atoms with van der Waals surface area (Å²) >= 11 is 0. The Labute approximate surface area is 389 Å². The van der Waals surface area contributed by atoms with Crippen LogP contribution in [-0.2, 0) is 24.1 Å². The fourth-order valence-corrected chi connectivity index (χ4v) is 12.2. The molecule has 2 aromatic heterocycles. The molecule has 3 aliphatic rings. The van der Waals surface area contributed by atoms with Crippen LogP contribution in [0.2, 0.25) is 0 Å². The van der Waals surface area contributed by atoms with E-state index in [1.165, 1.54) is 89.0 Å². The Morgan fingerprint density at radius 1 is 0.349 bits per heavy atom. The van der Waals surface area contributed by atoms with Crippen LogP contribution in [0.25, 0.3) is 0 Å². The van der Waals surface area contributed by atoms with Gasteiger partial charge in [0.25, 0.3) is 0 Å². The van der Waals surface area contributed by atoms with Gasteiger partial charge in [-0.1, -0.05) is 119 Å². The van der Waals surface area contributed by atoms with E-state index >= 15 is 0 Å². The van der Waals surface area contributed by atoms with Crippen molar-refractivity contribution in [2.45, 2.75) is 131 Å². The number of hydrogen-bond donors (Lipinski definition) is 2. The minimum absolute atomic E-state index is 0. The second kappa shape index (κ2) is 18.4. The molecule has 2 N–H and O–H groups in total. The second-order valence-corrected chi connectivity index (χ2v) is 19.0. The van der Waals surface area contributed by atoms with Crippen LogP contribution < -0.4 is 20.6 Å². The minimum atomic E-state index is 0. The number of nitrogens with one attached hydrogen (secondary N) is 2. The summed E-state index contributed by atoms with van der Waals surface area (Å²) in [6, 6.07) is 28.3. The smallest absolute Gasteiger partial charge is 2.00 e. The van der Waals surface area contributed by atoms with Crippen molar-refractivity contribution < 1.29 is 24.1 Å². The van der Waals surface area contributed by atoms with E-state index < -0.39 is 0 Å². The van der Waals surface area contributed by atoms with Gasteiger partial charge in [0.1, 0.15) is 0 Å². The first-order valence-corrected chi connectivity index (χ1v) is 22.3. The third-order valence-electron chi connectivity index (χ3n) is 14.1. The third-order valence-corrected chi connectivity index (χ3v) is 14.1. The van der Waals surface area contributed by atoms with Crippen LogP contribution in [0.4, 0.5) is 0 Å². The molecule has 8 bridgehead atoms. The zero-order chi connectivity index (χ0) is 44.3. The Hall–Kier alpha value is -4.80. The van der Waals surface area contributed by atoms with E-state index in [1.807, 2.05) is 0 Å². The zero-order valence-corrected chi connectivity index (χ0v) is 40.8. The molecule has 9 rings (SSSR count). The summed E-state index contributed by atoms with van der Waals surface area (Å²) in [6.07, 6.45) is 9.76. The van der Waals surface area contributed by atoms with Crippen molar-refractivity contribution in [3.05, 3.63) is 216 Å². The maximum atomic E-state index is 7.50. The average molecular weight is 920 g/mol. The molecule has 8 atom stereocenters. The molecule has 6 aromatic rings. The molecule has 0 amide bonds. The van der Waals surface area contributed by atoms with Crippen molar-refractivity contribution in [2.75, 3.05) is 0 Å². The van der Waals surface area contributed by atoms with Gasteiger partial charge in [-0.3, -0.25) is 0 Å². The molecule has 63 heavy (non-hydrogen) atoms. The molecule has 4 aromatic carbocycles. The van der Waals surface area contributed by atoms with Crippen LogP contribution in [0.3, 0.4) is 0 Å². The fraction of sp³-hybridized carbons (Fsp3) is 0.351. The van der Waals surface area contributed by atoms with Gasteiger partial charge in [0.05, 0.1) is 0 Å². The number of aromatic nitrogens is 2. The van der Waals surface area contributed by atoms with Crippen molar-refractivity contribution >= 4 is 0 Å². The minimum Gasteiger partial charge on any atom is 2.00 e. The molecule has 0 spiro atoms. The maximum absolute atomic E-state index is 7.50. The number of fused-ring (bicyclic) bond motifs is 8. The van der Waals surface area contributed by atoms with Gasteiger partial charge in [0, 0.05) is 47.8 Å². The van der Waals surface area contributed by atoms with Gasteiger partial charge < -0.3 is 20.6 Å². The largest absolute Gasteiger partial charge is 2.00 e. The third kappa shape index (κ3) is 8.50. The summed E-state index contributed by atoms with van der Waals surface area (Å²) < 4.78 is 7.50. The van der Waals surface area contributed by atoms with E-state index in [0.29, 0.717) is 0 Å². The van der Waals surface area contributed by atoms with E-state index in [-0.39, 0.29) is 67.3 Å². The summed E-state index contributed by atoms with van der Waals surface area (Å²) in [5, 5.41) is 8.51. The molecule has 3 aliphatic heterocycles. The van der Waals surface area contributed by atoms with E-state index in [1.54, 1.807) is 0 Å². The Balaban J connectivity index is 0.00000196. The maximum Gasteiger partial charge on any atom is 2.00 e. The first-order chi connectivity index (χ1) is 29.7. The van der Waals surface area contributed by atoms with Crippen molar-refractivity contribution in [3.8, 4) is 0 Å². The first kappa shape index (κ1) is 46.2. The zero-order valence-electron chi connectivity index (χ0n) is 39.0. The van der Waals surface area contributed by atoms with E-state index in [0.717, 1.165) is 22.8 Å². The summed E-state index contributed by atoms with van der Waals surface area (Å²) in [6.45, 7) is 31.6. The van der Waals surface area contributed by atoms with Gasteiger partial charge in [0.2, 0.25) is 0 Å². The second-order valence-electron chi connectivity index (χ2n) is 19.0. The number of benzene rings is 4. The Bertz CT molecular complexity index is 2310. The standard InChI is InChI=1S/C56H62N4.CO.Ru/c1-29-21-33(5)49(34(6)22-29)53-41-13-15-43(57-41)54(50-35(7)23-30(2)24-36(50)8)45-17-19-47(59-45)56(52-39(11)27-32(4)28-40(52)12)48-20-18-46(60-48)55(44-16-14-42(53)58-44)51-37(9)25-31(3)26-38(51)10;1-2;/h13-28,41,43,46,48,53-57,60H,1-12H3;;/q-2;;+2. The average Bonchev–Trinajstić information content (AvgIpc) is 4.03. The predicted octanol–water partition coefficient (Wildman–Crippen LogP) is 11.3. The Kier molecular flexibility index (Phi) is 13.5. The van der Waals surface area contributed by atoms with Crippen LogP contribution in [0.15, 0.2) is 97.1 Å². The topological polar surface area (TPSA) is 72.2 Å². The van der Waals surface area contributed by atoms with E-state index in [4.69, 9.17) is 14.6 Å². The summed E-state index contributed by atoms with van der Waals surface area (Å²) in [7, 11) is 0. The van der Waals surface area contributed by atoms with Gasteiger partial charge in [-0.2, -0.15) is 22.8 Å². The molecular weight excluding hydrogens is 858 g/mol. The molecule has 5 heterocycles. The van der Waals surface area contributed by atoms with Crippen molar-refractivity contribution in [1.82, 2.24) is 20.6 Å². The van der Waals surface area contributed by atoms with Gasteiger partial charge in [-0.05, 0) is 150 Å². The molecule has 0 saturated heterocycles. The molecule has 324 valence electrons. The molecule has 6 heteroatoms. The van der Waals surface area contributed by atoms with E-state index in [9.17, 15) is 0 Å². The quantitative estimate of drug-likeness (QED) is 0.0800.